The Labute approximate surface area is 120 Å². The number of hydrogen-bond acceptors (Lipinski definition) is 6. The minimum atomic E-state index is -0.229. The first kappa shape index (κ1) is 13.0. The maximum absolute atomic E-state index is 12.2. The van der Waals surface area contributed by atoms with Gasteiger partial charge in [0.2, 0.25) is 0 Å². The van der Waals surface area contributed by atoms with Crippen molar-refractivity contribution in [1.82, 2.24) is 10.3 Å². The minimum absolute atomic E-state index is 0.209. The summed E-state index contributed by atoms with van der Waals surface area (Å²) in [4.78, 5) is 16.8. The van der Waals surface area contributed by atoms with Gasteiger partial charge in [-0.1, -0.05) is 11.3 Å². The summed E-state index contributed by atoms with van der Waals surface area (Å²) in [6, 6.07) is 3.88. The number of nitrogens with one attached hydrogen (secondary N) is 2. The molecule has 2 aromatic rings. The number of nitrogens with zero attached hydrogens (tertiary/aromatic N) is 1. The van der Waals surface area contributed by atoms with E-state index in [1.807, 2.05) is 13.0 Å². The van der Waals surface area contributed by atoms with E-state index in [1.54, 1.807) is 12.3 Å². The van der Waals surface area contributed by atoms with E-state index in [0.717, 1.165) is 12.8 Å². The van der Waals surface area contributed by atoms with Crippen molar-refractivity contribution in [3.63, 3.8) is 0 Å². The topological polar surface area (TPSA) is 93.2 Å². The van der Waals surface area contributed by atoms with Gasteiger partial charge in [-0.05, 0) is 31.9 Å². The van der Waals surface area contributed by atoms with Crippen LogP contribution in [-0.4, -0.2) is 16.9 Å². The first-order valence-corrected chi connectivity index (χ1v) is 7.32. The van der Waals surface area contributed by atoms with Gasteiger partial charge in [0.15, 0.2) is 5.13 Å². The van der Waals surface area contributed by atoms with Gasteiger partial charge in [0.1, 0.15) is 16.5 Å². The van der Waals surface area contributed by atoms with Gasteiger partial charge < -0.3 is 20.8 Å². The van der Waals surface area contributed by atoms with Gasteiger partial charge in [-0.2, -0.15) is 0 Å². The van der Waals surface area contributed by atoms with Crippen molar-refractivity contribution in [3.8, 4) is 0 Å². The van der Waals surface area contributed by atoms with Crippen LogP contribution in [0.25, 0.3) is 0 Å². The molecule has 1 aliphatic rings. The number of carbonyl (C=O) groups is 1. The van der Waals surface area contributed by atoms with E-state index in [9.17, 15) is 4.79 Å². The van der Waals surface area contributed by atoms with E-state index in [2.05, 4.69) is 15.6 Å². The molecule has 1 saturated carbocycles. The van der Waals surface area contributed by atoms with Gasteiger partial charge in [0.05, 0.1) is 12.3 Å². The number of furan rings is 1. The Morgan fingerprint density at radius 1 is 1.60 bits per heavy atom. The fraction of sp³-hybridized carbons (Fsp3) is 0.385. The summed E-state index contributed by atoms with van der Waals surface area (Å²) in [5, 5.41) is 6.80. The number of nitrogens with two attached hydrogens (primary N) is 1. The number of carbonyl (C=O) groups excluding carboxylic acids is 1. The Hall–Kier alpha value is -2.02. The van der Waals surface area contributed by atoms with Crippen LogP contribution in [0.3, 0.4) is 0 Å². The molecular formula is C13H16N4O2S. The Balaban J connectivity index is 1.68. The standard InChI is InChI=1S/C13H16N4O2S/c1-7(9-3-2-6-19-9)15-12(18)10-11(14)17-13(20-10)16-8-4-5-8/h2-3,6-8H,4-5,14H2,1H3,(H,15,18)(H,16,17). The zero-order chi connectivity index (χ0) is 14.1. The summed E-state index contributed by atoms with van der Waals surface area (Å²) >= 11 is 1.29. The zero-order valence-corrected chi connectivity index (χ0v) is 11.9. The van der Waals surface area contributed by atoms with Crippen molar-refractivity contribution >= 4 is 28.2 Å². The molecule has 0 saturated heterocycles. The van der Waals surface area contributed by atoms with Crippen molar-refractivity contribution in [2.45, 2.75) is 31.8 Å². The molecule has 0 bridgehead atoms. The molecule has 106 valence electrons. The van der Waals surface area contributed by atoms with Crippen LogP contribution >= 0.6 is 11.3 Å². The third-order valence-corrected chi connectivity index (χ3v) is 4.08. The minimum Gasteiger partial charge on any atom is -0.467 e. The zero-order valence-electron chi connectivity index (χ0n) is 11.1. The van der Waals surface area contributed by atoms with Crippen molar-refractivity contribution in [2.24, 2.45) is 0 Å². The van der Waals surface area contributed by atoms with Crippen molar-refractivity contribution in [2.75, 3.05) is 11.1 Å². The first-order chi connectivity index (χ1) is 9.63. The molecule has 2 heterocycles. The van der Waals surface area contributed by atoms with E-state index in [1.165, 1.54) is 11.3 Å². The third-order valence-electron chi connectivity index (χ3n) is 3.08. The summed E-state index contributed by atoms with van der Waals surface area (Å²) in [6.45, 7) is 1.86. The highest BCUT2D eigenvalue weighted by Crippen LogP contribution is 2.30. The molecule has 0 aliphatic heterocycles. The second kappa shape index (κ2) is 5.16. The second-order valence-corrected chi connectivity index (χ2v) is 5.86. The van der Waals surface area contributed by atoms with Crippen LogP contribution in [0.15, 0.2) is 22.8 Å². The lowest BCUT2D eigenvalue weighted by atomic mass is 10.2. The fourth-order valence-corrected chi connectivity index (χ4v) is 2.69. The number of anilines is 2. The quantitative estimate of drug-likeness (QED) is 0.786. The van der Waals surface area contributed by atoms with Gasteiger partial charge in [-0.15, -0.1) is 0 Å². The molecule has 4 N–H and O–H groups in total. The number of hydrogen-bond donors (Lipinski definition) is 3. The molecule has 0 spiro atoms. The summed E-state index contributed by atoms with van der Waals surface area (Å²) in [5.41, 5.74) is 5.81. The average molecular weight is 292 g/mol. The molecule has 20 heavy (non-hydrogen) atoms. The smallest absolute Gasteiger partial charge is 0.265 e. The molecule has 3 rings (SSSR count). The van der Waals surface area contributed by atoms with Crippen LogP contribution in [-0.2, 0) is 0 Å². The molecule has 6 nitrogen and oxygen atoms in total. The SMILES string of the molecule is CC(NC(=O)c1sc(NC2CC2)nc1N)c1ccco1. The molecule has 0 aromatic carbocycles. The largest absolute Gasteiger partial charge is 0.467 e. The van der Waals surface area contributed by atoms with Crippen LogP contribution < -0.4 is 16.4 Å². The molecule has 1 aliphatic carbocycles. The van der Waals surface area contributed by atoms with E-state index in [0.29, 0.717) is 21.8 Å². The van der Waals surface area contributed by atoms with Gasteiger partial charge in [0.25, 0.3) is 5.91 Å². The molecule has 7 heteroatoms. The predicted octanol–water partition coefficient (Wildman–Crippen LogP) is 2.38. The highest BCUT2D eigenvalue weighted by atomic mass is 32.1. The van der Waals surface area contributed by atoms with Crippen LogP contribution in [0.4, 0.5) is 10.9 Å². The second-order valence-electron chi connectivity index (χ2n) is 4.86. The number of thiazole rings is 1. The van der Waals surface area contributed by atoms with Gasteiger partial charge in [-0.25, -0.2) is 4.98 Å². The lowest BCUT2D eigenvalue weighted by molar-refractivity contribution is 0.0940. The van der Waals surface area contributed by atoms with E-state index in [4.69, 9.17) is 10.2 Å². The van der Waals surface area contributed by atoms with E-state index < -0.39 is 0 Å². The van der Waals surface area contributed by atoms with Crippen LogP contribution in [0.2, 0.25) is 0 Å². The molecule has 0 radical (unpaired) electrons. The maximum atomic E-state index is 12.2. The Kier molecular flexibility index (Phi) is 3.35. The first-order valence-electron chi connectivity index (χ1n) is 6.50. The third kappa shape index (κ3) is 2.77. The predicted molar refractivity (Wildman–Crippen MR) is 77.8 cm³/mol. The lowest BCUT2D eigenvalue weighted by Crippen LogP contribution is -2.26. The summed E-state index contributed by atoms with van der Waals surface area (Å²) in [6.07, 6.45) is 3.88. The summed E-state index contributed by atoms with van der Waals surface area (Å²) < 4.78 is 5.26. The van der Waals surface area contributed by atoms with E-state index >= 15 is 0 Å². The molecule has 1 atom stereocenters. The van der Waals surface area contributed by atoms with Crippen LogP contribution in [0.5, 0.6) is 0 Å². The lowest BCUT2D eigenvalue weighted by Gasteiger charge is -2.10. The van der Waals surface area contributed by atoms with Gasteiger partial charge in [0, 0.05) is 6.04 Å². The molecular weight excluding hydrogens is 276 g/mol. The maximum Gasteiger partial charge on any atom is 0.265 e. The number of rotatable bonds is 5. The van der Waals surface area contributed by atoms with Crippen molar-refractivity contribution < 1.29 is 9.21 Å². The van der Waals surface area contributed by atoms with Gasteiger partial charge >= 0.3 is 0 Å². The van der Waals surface area contributed by atoms with Crippen molar-refractivity contribution in [3.05, 3.63) is 29.0 Å². The summed E-state index contributed by atoms with van der Waals surface area (Å²) in [5.74, 6) is 0.743. The molecule has 1 unspecified atom stereocenters. The Morgan fingerprint density at radius 2 is 2.40 bits per heavy atom. The Morgan fingerprint density at radius 3 is 3.05 bits per heavy atom. The van der Waals surface area contributed by atoms with Crippen LogP contribution in [0.1, 0.15) is 41.2 Å². The highest BCUT2D eigenvalue weighted by Gasteiger charge is 2.24. The highest BCUT2D eigenvalue weighted by molar-refractivity contribution is 7.18. The Bertz CT molecular complexity index is 604. The van der Waals surface area contributed by atoms with E-state index in [-0.39, 0.29) is 17.8 Å². The monoisotopic (exact) mass is 292 g/mol. The summed E-state index contributed by atoms with van der Waals surface area (Å²) in [7, 11) is 0. The molecule has 2 aromatic heterocycles. The number of aromatic nitrogens is 1. The number of nitrogen functional groups attached to an aromatic ring is 1. The van der Waals surface area contributed by atoms with Crippen LogP contribution in [0, 0.1) is 0 Å². The normalized spacial score (nSPS) is 15.8. The van der Waals surface area contributed by atoms with Gasteiger partial charge in [-0.3, -0.25) is 4.79 Å². The fourth-order valence-electron chi connectivity index (χ4n) is 1.83. The molecule has 1 fully saturated rings. The average Bonchev–Trinajstić information content (AvgIpc) is 2.92. The number of amides is 1. The molecule has 1 amide bonds. The van der Waals surface area contributed by atoms with Crippen molar-refractivity contribution in [1.29, 1.82) is 0 Å².